The van der Waals surface area contributed by atoms with E-state index in [0.717, 1.165) is 30.5 Å². The van der Waals surface area contributed by atoms with Crippen molar-refractivity contribution in [2.75, 3.05) is 4.90 Å². The molecule has 3 aliphatic rings. The monoisotopic (exact) mass is 255 g/mol. The van der Waals surface area contributed by atoms with Crippen LogP contribution in [0.4, 0.5) is 5.69 Å². The summed E-state index contributed by atoms with van der Waals surface area (Å²) in [6, 6.07) is 7.69. The van der Waals surface area contributed by atoms with Crippen LogP contribution in [-0.2, 0) is 9.59 Å². The second kappa shape index (κ2) is 3.69. The minimum Gasteiger partial charge on any atom is -0.274 e. The van der Waals surface area contributed by atoms with Crippen LogP contribution >= 0.6 is 0 Å². The molecule has 3 nitrogen and oxygen atoms in total. The maximum atomic E-state index is 12.6. The smallest absolute Gasteiger partial charge is 0.237 e. The van der Waals surface area contributed by atoms with Crippen LogP contribution in [-0.4, -0.2) is 11.8 Å². The summed E-state index contributed by atoms with van der Waals surface area (Å²) >= 11 is 0. The van der Waals surface area contributed by atoms with Crippen molar-refractivity contribution in [2.24, 2.45) is 23.7 Å². The zero-order valence-corrected chi connectivity index (χ0v) is 11.0. The van der Waals surface area contributed by atoms with Crippen molar-refractivity contribution in [1.29, 1.82) is 0 Å². The summed E-state index contributed by atoms with van der Waals surface area (Å²) in [6.45, 7) is 1.99. The number of fused-ring (bicyclic) bond motifs is 5. The molecule has 4 atom stereocenters. The molecule has 98 valence electrons. The average molecular weight is 255 g/mol. The third-order valence-corrected chi connectivity index (χ3v) is 5.19. The fourth-order valence-corrected chi connectivity index (χ4v) is 4.43. The molecule has 1 aromatic carbocycles. The second-order valence-electron chi connectivity index (χ2n) is 6.24. The first-order chi connectivity index (χ1) is 9.16. The zero-order chi connectivity index (χ0) is 13.1. The molecule has 19 heavy (non-hydrogen) atoms. The van der Waals surface area contributed by atoms with Crippen LogP contribution < -0.4 is 4.90 Å². The molecule has 3 fully saturated rings. The number of carbonyl (C=O) groups excluding carboxylic acids is 2. The highest BCUT2D eigenvalue weighted by atomic mass is 16.2. The van der Waals surface area contributed by atoms with Gasteiger partial charge in [0.15, 0.2) is 0 Å². The van der Waals surface area contributed by atoms with Crippen molar-refractivity contribution in [3.8, 4) is 0 Å². The van der Waals surface area contributed by atoms with Crippen LogP contribution in [0, 0.1) is 30.6 Å². The minimum atomic E-state index is -0.0215. The molecule has 1 aromatic rings. The quantitative estimate of drug-likeness (QED) is 0.723. The first-order valence-corrected chi connectivity index (χ1v) is 7.11. The van der Waals surface area contributed by atoms with E-state index < -0.39 is 0 Å². The number of hydrogen-bond donors (Lipinski definition) is 0. The van der Waals surface area contributed by atoms with Gasteiger partial charge in [0.2, 0.25) is 11.8 Å². The van der Waals surface area contributed by atoms with Crippen molar-refractivity contribution < 1.29 is 9.59 Å². The molecule has 2 amide bonds. The topological polar surface area (TPSA) is 37.4 Å². The van der Waals surface area contributed by atoms with Crippen LogP contribution in [0.15, 0.2) is 24.3 Å². The van der Waals surface area contributed by atoms with Gasteiger partial charge in [-0.1, -0.05) is 12.1 Å². The van der Waals surface area contributed by atoms with E-state index in [1.54, 1.807) is 0 Å². The van der Waals surface area contributed by atoms with Crippen molar-refractivity contribution in [3.63, 3.8) is 0 Å². The van der Waals surface area contributed by atoms with Gasteiger partial charge >= 0.3 is 0 Å². The van der Waals surface area contributed by atoms with E-state index in [1.165, 1.54) is 4.90 Å². The van der Waals surface area contributed by atoms with E-state index in [-0.39, 0.29) is 23.7 Å². The molecule has 2 aliphatic carbocycles. The lowest BCUT2D eigenvalue weighted by atomic mass is 9.81. The maximum Gasteiger partial charge on any atom is 0.237 e. The Hall–Kier alpha value is -1.64. The van der Waals surface area contributed by atoms with Gasteiger partial charge in [-0.3, -0.25) is 14.5 Å². The summed E-state index contributed by atoms with van der Waals surface area (Å²) < 4.78 is 0. The van der Waals surface area contributed by atoms with E-state index in [9.17, 15) is 9.59 Å². The Kier molecular flexibility index (Phi) is 2.17. The lowest BCUT2D eigenvalue weighted by Gasteiger charge is -2.19. The number of amides is 2. The first kappa shape index (κ1) is 11.2. The van der Waals surface area contributed by atoms with E-state index >= 15 is 0 Å². The van der Waals surface area contributed by atoms with Crippen LogP contribution in [0.25, 0.3) is 0 Å². The standard InChI is InChI=1S/C16H17NO2/c1-9-3-2-4-12(7-9)17-15(18)13-10-5-6-11(8-10)14(13)16(17)19/h2-4,7,10-11,13-14H,5-6,8H2,1H3. The van der Waals surface area contributed by atoms with Gasteiger partial charge in [-0.2, -0.15) is 0 Å². The molecule has 1 aliphatic heterocycles. The van der Waals surface area contributed by atoms with Gasteiger partial charge in [-0.15, -0.1) is 0 Å². The number of hydrogen-bond acceptors (Lipinski definition) is 2. The summed E-state index contributed by atoms with van der Waals surface area (Å²) in [7, 11) is 0. The van der Waals surface area contributed by atoms with Crippen LogP contribution in [0.2, 0.25) is 0 Å². The molecule has 0 aromatic heterocycles. The largest absolute Gasteiger partial charge is 0.274 e. The number of aryl methyl sites for hydroxylation is 1. The molecular weight excluding hydrogens is 238 g/mol. The Labute approximate surface area is 112 Å². The maximum absolute atomic E-state index is 12.6. The molecule has 0 N–H and O–H groups in total. The number of nitrogens with zero attached hydrogens (tertiary/aromatic N) is 1. The van der Waals surface area contributed by atoms with E-state index in [0.29, 0.717) is 11.8 Å². The third-order valence-electron chi connectivity index (χ3n) is 5.19. The third kappa shape index (κ3) is 1.38. The summed E-state index contributed by atoms with van der Waals surface area (Å²) in [5.74, 6) is 0.974. The highest BCUT2D eigenvalue weighted by Gasteiger charge is 2.61. The summed E-state index contributed by atoms with van der Waals surface area (Å²) in [6.07, 6.45) is 3.35. The lowest BCUT2D eigenvalue weighted by molar-refractivity contribution is -0.123. The van der Waals surface area contributed by atoms with Crippen LogP contribution in [0.3, 0.4) is 0 Å². The number of imide groups is 1. The normalized spacial score (nSPS) is 36.2. The first-order valence-electron chi connectivity index (χ1n) is 7.11. The average Bonchev–Trinajstić information content (AvgIpc) is 3.04. The van der Waals surface area contributed by atoms with Gasteiger partial charge in [0.25, 0.3) is 0 Å². The SMILES string of the molecule is Cc1cccc(N2C(=O)C3C4CCC(C4)C3C2=O)c1. The predicted octanol–water partition coefficient (Wildman–Crippen LogP) is 2.53. The molecule has 2 bridgehead atoms. The van der Waals surface area contributed by atoms with E-state index in [2.05, 4.69) is 0 Å². The Morgan fingerprint density at radius 2 is 1.68 bits per heavy atom. The van der Waals surface area contributed by atoms with Crippen molar-refractivity contribution in [3.05, 3.63) is 29.8 Å². The summed E-state index contributed by atoms with van der Waals surface area (Å²) in [5.41, 5.74) is 1.84. The van der Waals surface area contributed by atoms with Gasteiger partial charge in [0.05, 0.1) is 17.5 Å². The predicted molar refractivity (Wildman–Crippen MR) is 71.5 cm³/mol. The number of benzene rings is 1. The van der Waals surface area contributed by atoms with Gasteiger partial charge in [-0.25, -0.2) is 0 Å². The highest BCUT2D eigenvalue weighted by Crippen LogP contribution is 2.56. The number of carbonyl (C=O) groups is 2. The van der Waals surface area contributed by atoms with Gasteiger partial charge in [0, 0.05) is 0 Å². The Morgan fingerprint density at radius 1 is 1.05 bits per heavy atom. The van der Waals surface area contributed by atoms with Gasteiger partial charge in [-0.05, 0) is 55.7 Å². The fourth-order valence-electron chi connectivity index (χ4n) is 4.43. The van der Waals surface area contributed by atoms with Crippen molar-refractivity contribution in [2.45, 2.75) is 26.2 Å². The Morgan fingerprint density at radius 3 is 2.26 bits per heavy atom. The molecule has 0 radical (unpaired) electrons. The van der Waals surface area contributed by atoms with Crippen molar-refractivity contribution >= 4 is 17.5 Å². The molecule has 4 rings (SSSR count). The van der Waals surface area contributed by atoms with E-state index in [1.807, 2.05) is 31.2 Å². The molecule has 1 heterocycles. The Balaban J connectivity index is 1.75. The molecule has 2 saturated carbocycles. The molecule has 0 spiro atoms. The van der Waals surface area contributed by atoms with Gasteiger partial charge < -0.3 is 0 Å². The molecule has 4 unspecified atom stereocenters. The van der Waals surface area contributed by atoms with Crippen LogP contribution in [0.1, 0.15) is 24.8 Å². The lowest BCUT2D eigenvalue weighted by Crippen LogP contribution is -2.32. The minimum absolute atomic E-state index is 0.0215. The zero-order valence-electron chi connectivity index (χ0n) is 11.0. The van der Waals surface area contributed by atoms with E-state index in [4.69, 9.17) is 0 Å². The molecule has 1 saturated heterocycles. The Bertz CT molecular complexity index is 552. The summed E-state index contributed by atoms with van der Waals surface area (Å²) in [4.78, 5) is 26.7. The number of anilines is 1. The molecule has 3 heteroatoms. The van der Waals surface area contributed by atoms with Gasteiger partial charge in [0.1, 0.15) is 0 Å². The van der Waals surface area contributed by atoms with Crippen molar-refractivity contribution in [1.82, 2.24) is 0 Å². The fraction of sp³-hybridized carbons (Fsp3) is 0.500. The second-order valence-corrected chi connectivity index (χ2v) is 6.24. The highest BCUT2D eigenvalue weighted by molar-refractivity contribution is 6.22. The molecular formula is C16H17NO2. The summed E-state index contributed by atoms with van der Waals surface area (Å²) in [5, 5.41) is 0. The van der Waals surface area contributed by atoms with Crippen LogP contribution in [0.5, 0.6) is 0 Å². The number of rotatable bonds is 1.